The van der Waals surface area contributed by atoms with Crippen molar-refractivity contribution >= 4 is 8.15 Å². The summed E-state index contributed by atoms with van der Waals surface area (Å²) in [4.78, 5) is 10.3. The predicted octanol–water partition coefficient (Wildman–Crippen LogP) is 4.25. The third kappa shape index (κ3) is 8.12. The molecule has 0 amide bonds. The van der Waals surface area contributed by atoms with Gasteiger partial charge in [-0.15, -0.1) is 0 Å². The molecule has 0 spiro atoms. The largest absolute Gasteiger partial charge is 0.501 e. The van der Waals surface area contributed by atoms with Crippen LogP contribution in [0.25, 0.3) is 0 Å². The molecule has 0 aliphatic carbocycles. The van der Waals surface area contributed by atoms with E-state index in [1.807, 2.05) is 6.92 Å². The van der Waals surface area contributed by atoms with E-state index in [2.05, 4.69) is 6.58 Å². The van der Waals surface area contributed by atoms with E-state index in [-0.39, 0.29) is 30.7 Å². The first-order valence-corrected chi connectivity index (χ1v) is 12.2. The van der Waals surface area contributed by atoms with Gasteiger partial charge in [0, 0.05) is 44.8 Å². The van der Waals surface area contributed by atoms with E-state index in [9.17, 15) is 28.3 Å². The van der Waals surface area contributed by atoms with Gasteiger partial charge in [-0.25, -0.2) is 13.2 Å². The number of hydrogen-bond acceptors (Lipinski definition) is 6. The van der Waals surface area contributed by atoms with Crippen LogP contribution in [0, 0.1) is 17.5 Å². The SMILES string of the molecule is C=C/C(=C\C=C(/CC)OC)OC1OC(CCP(O)Cc2c(F)cc(F)cc2F)CC(O)C1O. The first-order valence-electron chi connectivity index (χ1n) is 10.5. The minimum atomic E-state index is -1.82. The molecule has 6 nitrogen and oxygen atoms in total. The Morgan fingerprint density at radius 1 is 1.24 bits per heavy atom. The van der Waals surface area contributed by atoms with Gasteiger partial charge in [0.25, 0.3) is 0 Å². The molecule has 3 N–H and O–H groups in total. The molecule has 2 rings (SSSR count). The summed E-state index contributed by atoms with van der Waals surface area (Å²) in [7, 11) is -0.274. The summed E-state index contributed by atoms with van der Waals surface area (Å²) in [5, 5.41) is 20.5. The highest BCUT2D eigenvalue weighted by atomic mass is 31.1. The highest BCUT2D eigenvalue weighted by Crippen LogP contribution is 2.39. The van der Waals surface area contributed by atoms with E-state index in [1.165, 1.54) is 6.08 Å². The monoisotopic (exact) mass is 490 g/mol. The number of ether oxygens (including phenoxy) is 3. The molecule has 1 aromatic rings. The van der Waals surface area contributed by atoms with Gasteiger partial charge in [-0.05, 0) is 30.8 Å². The Labute approximate surface area is 192 Å². The fourth-order valence-electron chi connectivity index (χ4n) is 3.27. The molecule has 0 saturated carbocycles. The number of allylic oxidation sites excluding steroid dienone is 4. The molecule has 33 heavy (non-hydrogen) atoms. The predicted molar refractivity (Wildman–Crippen MR) is 119 cm³/mol. The van der Waals surface area contributed by atoms with Crippen LogP contribution in [0.1, 0.15) is 31.7 Å². The van der Waals surface area contributed by atoms with Crippen molar-refractivity contribution in [3.8, 4) is 0 Å². The molecule has 0 aromatic heterocycles. The Balaban J connectivity index is 1.98. The van der Waals surface area contributed by atoms with Crippen LogP contribution < -0.4 is 0 Å². The van der Waals surface area contributed by atoms with Crippen molar-refractivity contribution < 1.29 is 42.5 Å². The third-order valence-electron chi connectivity index (χ3n) is 5.16. The lowest BCUT2D eigenvalue weighted by atomic mass is 10.0. The molecule has 1 heterocycles. The number of benzene rings is 1. The Morgan fingerprint density at radius 2 is 1.91 bits per heavy atom. The molecule has 1 saturated heterocycles. The standard InChI is InChI=1S/C23H30F3O6P/c1-4-15(30-3)6-7-16(5-2)31-23-22(28)21(27)12-17(32-23)8-9-33(29)13-18-19(25)10-14(24)11-20(18)26/h5-7,10-11,17,21-23,27-29H,2,4,8-9,12-13H2,1,3H3/b15-6+,16-7+. The molecule has 1 aliphatic rings. The Kier molecular flexibility index (Phi) is 10.9. The van der Waals surface area contributed by atoms with E-state index in [1.54, 1.807) is 19.3 Å². The van der Waals surface area contributed by atoms with Crippen molar-refractivity contribution in [1.82, 2.24) is 0 Å². The van der Waals surface area contributed by atoms with Crippen molar-refractivity contribution in [3.63, 3.8) is 0 Å². The minimum absolute atomic E-state index is 0.0974. The first-order chi connectivity index (χ1) is 15.7. The molecule has 5 unspecified atom stereocenters. The third-order valence-corrected chi connectivity index (χ3v) is 6.61. The first kappa shape index (κ1) is 27.3. The lowest BCUT2D eigenvalue weighted by Crippen LogP contribution is -2.49. The van der Waals surface area contributed by atoms with E-state index >= 15 is 0 Å². The quantitative estimate of drug-likeness (QED) is 0.244. The highest BCUT2D eigenvalue weighted by Gasteiger charge is 2.38. The molecule has 10 heteroatoms. The molecule has 0 bridgehead atoms. The maximum absolute atomic E-state index is 13.8. The van der Waals surface area contributed by atoms with Gasteiger partial charge < -0.3 is 29.3 Å². The fourth-order valence-corrected chi connectivity index (χ4v) is 4.68. The normalized spacial score (nSPS) is 25.0. The molecular formula is C23H30F3O6P. The topological polar surface area (TPSA) is 88.4 Å². The number of halogens is 3. The maximum Gasteiger partial charge on any atom is 0.228 e. The van der Waals surface area contributed by atoms with Gasteiger partial charge in [0.2, 0.25) is 6.29 Å². The Bertz CT molecular complexity index is 834. The summed E-state index contributed by atoms with van der Waals surface area (Å²) in [5.41, 5.74) is -0.373. The van der Waals surface area contributed by atoms with Crippen molar-refractivity contribution in [2.45, 2.75) is 57.0 Å². The van der Waals surface area contributed by atoms with Crippen LogP contribution >= 0.6 is 8.15 Å². The molecule has 184 valence electrons. The average molecular weight is 490 g/mol. The van der Waals surface area contributed by atoms with Gasteiger partial charge in [0.1, 0.15) is 29.3 Å². The number of aliphatic hydroxyl groups is 2. The Morgan fingerprint density at radius 3 is 2.48 bits per heavy atom. The summed E-state index contributed by atoms with van der Waals surface area (Å²) in [6.07, 6.45) is 1.42. The number of methoxy groups -OCH3 is 1. The smallest absolute Gasteiger partial charge is 0.228 e. The Hall–Kier alpha value is -1.90. The van der Waals surface area contributed by atoms with Gasteiger partial charge in [0.15, 0.2) is 0 Å². The van der Waals surface area contributed by atoms with Crippen LogP contribution in [-0.2, 0) is 20.4 Å². The zero-order valence-electron chi connectivity index (χ0n) is 18.6. The number of aliphatic hydroxyl groups excluding tert-OH is 2. The van der Waals surface area contributed by atoms with Crippen LogP contribution in [0.2, 0.25) is 0 Å². The van der Waals surface area contributed by atoms with Crippen LogP contribution in [0.4, 0.5) is 13.2 Å². The second kappa shape index (κ2) is 13.1. The number of hydrogen-bond donors (Lipinski definition) is 3. The summed E-state index contributed by atoms with van der Waals surface area (Å²) in [5.74, 6) is -2.13. The van der Waals surface area contributed by atoms with Crippen LogP contribution in [-0.4, -0.2) is 53.0 Å². The zero-order valence-corrected chi connectivity index (χ0v) is 19.5. The highest BCUT2D eigenvalue weighted by molar-refractivity contribution is 7.50. The lowest BCUT2D eigenvalue weighted by Gasteiger charge is -2.37. The molecular weight excluding hydrogens is 460 g/mol. The second-order valence-electron chi connectivity index (χ2n) is 7.53. The van der Waals surface area contributed by atoms with Gasteiger partial charge in [-0.2, -0.15) is 0 Å². The molecule has 0 radical (unpaired) electrons. The van der Waals surface area contributed by atoms with Gasteiger partial charge >= 0.3 is 0 Å². The fraction of sp³-hybridized carbons (Fsp3) is 0.478. The average Bonchev–Trinajstić information content (AvgIpc) is 2.77. The zero-order chi connectivity index (χ0) is 24.5. The maximum atomic E-state index is 13.8. The second-order valence-corrected chi connectivity index (χ2v) is 9.30. The molecule has 1 fully saturated rings. The van der Waals surface area contributed by atoms with E-state index < -0.39 is 50.2 Å². The van der Waals surface area contributed by atoms with E-state index in [4.69, 9.17) is 14.2 Å². The summed E-state index contributed by atoms with van der Waals surface area (Å²) >= 11 is 0. The summed E-state index contributed by atoms with van der Waals surface area (Å²) < 4.78 is 57.3. The van der Waals surface area contributed by atoms with E-state index in [0.29, 0.717) is 30.1 Å². The molecule has 1 aromatic carbocycles. The van der Waals surface area contributed by atoms with Crippen molar-refractivity contribution in [1.29, 1.82) is 0 Å². The van der Waals surface area contributed by atoms with Crippen LogP contribution in [0.3, 0.4) is 0 Å². The minimum Gasteiger partial charge on any atom is -0.501 e. The van der Waals surface area contributed by atoms with Gasteiger partial charge in [-0.1, -0.05) is 13.5 Å². The van der Waals surface area contributed by atoms with Crippen molar-refractivity contribution in [2.24, 2.45) is 0 Å². The summed E-state index contributed by atoms with van der Waals surface area (Å²) in [6.45, 7) is 5.58. The van der Waals surface area contributed by atoms with Crippen LogP contribution in [0.5, 0.6) is 0 Å². The van der Waals surface area contributed by atoms with Crippen molar-refractivity contribution in [3.05, 3.63) is 71.5 Å². The van der Waals surface area contributed by atoms with Crippen molar-refractivity contribution in [2.75, 3.05) is 13.3 Å². The van der Waals surface area contributed by atoms with Gasteiger partial charge in [0.05, 0.1) is 25.1 Å². The molecule has 1 aliphatic heterocycles. The van der Waals surface area contributed by atoms with Gasteiger partial charge in [-0.3, -0.25) is 0 Å². The van der Waals surface area contributed by atoms with E-state index in [0.717, 1.165) is 0 Å². The summed E-state index contributed by atoms with van der Waals surface area (Å²) in [6, 6.07) is 1.14. The molecule has 5 atom stereocenters. The lowest BCUT2D eigenvalue weighted by molar-refractivity contribution is -0.252. The number of rotatable bonds is 11. The van der Waals surface area contributed by atoms with Crippen LogP contribution in [0.15, 0.2) is 48.5 Å².